The minimum absolute atomic E-state index is 0.312. The molecule has 0 aromatic carbocycles. The third-order valence-electron chi connectivity index (χ3n) is 5.28. The second-order valence-electron chi connectivity index (χ2n) is 7.62. The summed E-state index contributed by atoms with van der Waals surface area (Å²) < 4.78 is 8.81. The molecule has 8 nitrogen and oxygen atoms in total. The molecule has 0 bridgehead atoms. The van der Waals surface area contributed by atoms with Crippen molar-refractivity contribution in [2.24, 2.45) is 11.8 Å². The number of carbonyl (C=O) groups excluding carboxylic acids is 1. The van der Waals surface area contributed by atoms with Crippen molar-refractivity contribution in [3.8, 4) is 0 Å². The fraction of sp³-hybridized carbons (Fsp3) is 0.524. The summed E-state index contributed by atoms with van der Waals surface area (Å²) in [5.74, 6) is 1.40. The molecule has 0 aliphatic carbocycles. The van der Waals surface area contributed by atoms with Crippen molar-refractivity contribution in [3.63, 3.8) is 0 Å². The maximum atomic E-state index is 11.9. The standard InChI is InChI=1S/C21H30N6O2/c1-6-16(14(3)4)12-26-9-8-17-10-22-21(25-19(17)26)24-18-11-23-27(13-18)15(5)20(28)29-7-2/h8-11,13-16H,6-7,12H2,1-5H3,(H,22,24,25)/t15?,16-/m1/s1. The zero-order chi connectivity index (χ0) is 21.0. The van der Waals surface area contributed by atoms with Crippen LogP contribution >= 0.6 is 0 Å². The van der Waals surface area contributed by atoms with Crippen LogP contribution in [0.1, 0.15) is 47.1 Å². The van der Waals surface area contributed by atoms with Gasteiger partial charge in [-0.3, -0.25) is 4.68 Å². The highest BCUT2D eigenvalue weighted by atomic mass is 16.5. The number of rotatable bonds is 9. The molecule has 3 aromatic rings. The zero-order valence-electron chi connectivity index (χ0n) is 17.8. The number of aromatic nitrogens is 5. The van der Waals surface area contributed by atoms with Gasteiger partial charge in [0.15, 0.2) is 0 Å². The summed E-state index contributed by atoms with van der Waals surface area (Å²) >= 11 is 0. The van der Waals surface area contributed by atoms with Gasteiger partial charge < -0.3 is 14.6 Å². The topological polar surface area (TPSA) is 86.9 Å². The quantitative estimate of drug-likeness (QED) is 0.544. The molecular formula is C21H30N6O2. The van der Waals surface area contributed by atoms with E-state index >= 15 is 0 Å². The first-order valence-corrected chi connectivity index (χ1v) is 10.2. The number of nitrogens with one attached hydrogen (secondary N) is 1. The highest BCUT2D eigenvalue weighted by Gasteiger charge is 2.18. The first kappa shape index (κ1) is 20.8. The van der Waals surface area contributed by atoms with Gasteiger partial charge >= 0.3 is 5.97 Å². The fourth-order valence-corrected chi connectivity index (χ4v) is 3.36. The molecule has 0 aliphatic rings. The molecule has 3 rings (SSSR count). The second-order valence-corrected chi connectivity index (χ2v) is 7.62. The van der Waals surface area contributed by atoms with E-state index in [0.29, 0.717) is 30.1 Å². The number of esters is 1. The largest absolute Gasteiger partial charge is 0.464 e. The Balaban J connectivity index is 1.77. The van der Waals surface area contributed by atoms with Crippen LogP contribution in [0.25, 0.3) is 11.0 Å². The van der Waals surface area contributed by atoms with Crippen molar-refractivity contribution in [2.75, 3.05) is 11.9 Å². The average Bonchev–Trinajstić information content (AvgIpc) is 3.32. The van der Waals surface area contributed by atoms with Crippen molar-refractivity contribution >= 4 is 28.6 Å². The van der Waals surface area contributed by atoms with Crippen molar-refractivity contribution in [1.29, 1.82) is 0 Å². The van der Waals surface area contributed by atoms with Gasteiger partial charge in [0.2, 0.25) is 5.95 Å². The van der Waals surface area contributed by atoms with Gasteiger partial charge in [0.25, 0.3) is 0 Å². The van der Waals surface area contributed by atoms with Crippen LogP contribution < -0.4 is 5.32 Å². The minimum Gasteiger partial charge on any atom is -0.464 e. The van der Waals surface area contributed by atoms with Crippen LogP contribution in [0, 0.1) is 11.8 Å². The molecule has 1 N–H and O–H groups in total. The molecule has 0 spiro atoms. The summed E-state index contributed by atoms with van der Waals surface area (Å²) in [5.41, 5.74) is 1.63. The maximum absolute atomic E-state index is 11.9. The summed E-state index contributed by atoms with van der Waals surface area (Å²) in [6.45, 7) is 11.6. The molecule has 2 atom stereocenters. The first-order valence-electron chi connectivity index (χ1n) is 10.2. The van der Waals surface area contributed by atoms with Crippen molar-refractivity contribution < 1.29 is 9.53 Å². The number of anilines is 2. The van der Waals surface area contributed by atoms with Crippen molar-refractivity contribution in [2.45, 2.75) is 53.6 Å². The minimum atomic E-state index is -0.492. The van der Waals surface area contributed by atoms with E-state index < -0.39 is 6.04 Å². The van der Waals surface area contributed by atoms with Gasteiger partial charge in [0.1, 0.15) is 11.7 Å². The lowest BCUT2D eigenvalue weighted by atomic mass is 9.93. The van der Waals surface area contributed by atoms with Crippen molar-refractivity contribution in [3.05, 3.63) is 30.9 Å². The highest BCUT2D eigenvalue weighted by molar-refractivity contribution is 5.77. The number of hydrogen-bond donors (Lipinski definition) is 1. The summed E-state index contributed by atoms with van der Waals surface area (Å²) in [4.78, 5) is 21.0. The third-order valence-corrected chi connectivity index (χ3v) is 5.28. The second kappa shape index (κ2) is 9.07. The van der Waals surface area contributed by atoms with Crippen LogP contribution in [0.3, 0.4) is 0 Å². The van der Waals surface area contributed by atoms with Crippen LogP contribution in [0.5, 0.6) is 0 Å². The molecule has 3 aromatic heterocycles. The Labute approximate surface area is 171 Å². The molecule has 0 aliphatic heterocycles. The third kappa shape index (κ3) is 4.75. The van der Waals surface area contributed by atoms with E-state index in [0.717, 1.165) is 24.0 Å². The predicted octanol–water partition coefficient (Wildman–Crippen LogP) is 4.18. The monoisotopic (exact) mass is 398 g/mol. The van der Waals surface area contributed by atoms with Crippen LogP contribution in [0.2, 0.25) is 0 Å². The Morgan fingerprint density at radius 3 is 2.72 bits per heavy atom. The SMILES string of the molecule is CCOC(=O)C(C)n1cc(Nc2ncc3ccn(C[C@@H](CC)C(C)C)c3n2)cn1. The lowest BCUT2D eigenvalue weighted by Crippen LogP contribution is -2.19. The Bertz CT molecular complexity index is 961. The van der Waals surface area contributed by atoms with Gasteiger partial charge in [-0.25, -0.2) is 9.78 Å². The van der Waals surface area contributed by atoms with Gasteiger partial charge in [0, 0.05) is 30.5 Å². The van der Waals surface area contributed by atoms with E-state index in [2.05, 4.69) is 46.9 Å². The highest BCUT2D eigenvalue weighted by Crippen LogP contribution is 2.22. The van der Waals surface area contributed by atoms with Crippen LogP contribution in [0.4, 0.5) is 11.6 Å². The molecular weight excluding hydrogens is 368 g/mol. The van der Waals surface area contributed by atoms with Crippen LogP contribution in [-0.2, 0) is 16.1 Å². The maximum Gasteiger partial charge on any atom is 0.330 e. The van der Waals surface area contributed by atoms with Gasteiger partial charge in [-0.15, -0.1) is 0 Å². The Morgan fingerprint density at radius 2 is 2.03 bits per heavy atom. The molecule has 0 amide bonds. The lowest BCUT2D eigenvalue weighted by molar-refractivity contribution is -0.146. The van der Waals surface area contributed by atoms with Gasteiger partial charge in [-0.05, 0) is 31.7 Å². The smallest absolute Gasteiger partial charge is 0.330 e. The predicted molar refractivity (Wildman–Crippen MR) is 113 cm³/mol. The molecule has 8 heteroatoms. The summed E-state index contributed by atoms with van der Waals surface area (Å²) in [7, 11) is 0. The molecule has 3 heterocycles. The van der Waals surface area contributed by atoms with Gasteiger partial charge in [0.05, 0.1) is 18.5 Å². The van der Waals surface area contributed by atoms with Crippen LogP contribution in [0.15, 0.2) is 30.9 Å². The van der Waals surface area contributed by atoms with E-state index in [4.69, 9.17) is 9.72 Å². The van der Waals surface area contributed by atoms with Gasteiger partial charge in [-0.1, -0.05) is 27.2 Å². The molecule has 0 saturated heterocycles. The number of ether oxygens (including phenoxy) is 1. The number of fused-ring (bicyclic) bond motifs is 1. The summed E-state index contributed by atoms with van der Waals surface area (Å²) in [6, 6.07) is 1.55. The Kier molecular flexibility index (Phi) is 6.51. The molecule has 156 valence electrons. The van der Waals surface area contributed by atoms with E-state index in [9.17, 15) is 4.79 Å². The van der Waals surface area contributed by atoms with Gasteiger partial charge in [-0.2, -0.15) is 10.1 Å². The molecule has 0 saturated carbocycles. The fourth-order valence-electron chi connectivity index (χ4n) is 3.36. The molecule has 1 unspecified atom stereocenters. The average molecular weight is 399 g/mol. The molecule has 29 heavy (non-hydrogen) atoms. The number of hydrogen-bond acceptors (Lipinski definition) is 6. The normalized spacial score (nSPS) is 13.6. The van der Waals surface area contributed by atoms with E-state index in [1.54, 1.807) is 30.9 Å². The van der Waals surface area contributed by atoms with Crippen LogP contribution in [-0.4, -0.2) is 36.9 Å². The van der Waals surface area contributed by atoms with E-state index in [1.807, 2.05) is 12.3 Å². The van der Waals surface area contributed by atoms with Crippen molar-refractivity contribution in [1.82, 2.24) is 24.3 Å². The first-order chi connectivity index (χ1) is 13.9. The summed E-state index contributed by atoms with van der Waals surface area (Å²) in [5, 5.41) is 8.44. The van der Waals surface area contributed by atoms with E-state index in [1.165, 1.54) is 0 Å². The number of carbonyl (C=O) groups is 1. The summed E-state index contributed by atoms with van der Waals surface area (Å²) in [6.07, 6.45) is 8.43. The Hall–Kier alpha value is -2.90. The lowest BCUT2D eigenvalue weighted by Gasteiger charge is -2.20. The molecule has 0 fully saturated rings. The van der Waals surface area contributed by atoms with E-state index in [-0.39, 0.29) is 5.97 Å². The zero-order valence-corrected chi connectivity index (χ0v) is 17.8. The Morgan fingerprint density at radius 1 is 1.24 bits per heavy atom. The number of nitrogens with zero attached hydrogens (tertiary/aromatic N) is 5. The molecule has 0 radical (unpaired) electrons.